The van der Waals surface area contributed by atoms with Crippen LogP contribution in [0.15, 0.2) is 28.6 Å². The van der Waals surface area contributed by atoms with Gasteiger partial charge in [-0.1, -0.05) is 30.0 Å². The number of urea groups is 1. The molecule has 1 aromatic carbocycles. The lowest BCUT2D eigenvalue weighted by molar-refractivity contribution is -0.142. The number of rotatable bonds is 7. The summed E-state index contributed by atoms with van der Waals surface area (Å²) in [6.45, 7) is 3.95. The Labute approximate surface area is 152 Å². The summed E-state index contributed by atoms with van der Waals surface area (Å²) in [5.41, 5.74) is 0.450. The zero-order chi connectivity index (χ0) is 18.2. The number of nitrogens with one attached hydrogen (secondary N) is 2. The number of hydrogen-bond acceptors (Lipinski definition) is 7. The molecule has 2 rings (SSSR count). The fourth-order valence-corrected chi connectivity index (χ4v) is 3.67. The van der Waals surface area contributed by atoms with Crippen LogP contribution in [0.1, 0.15) is 20.3 Å². The summed E-state index contributed by atoms with van der Waals surface area (Å²) in [5, 5.41) is 12.8. The van der Waals surface area contributed by atoms with Gasteiger partial charge in [0.25, 0.3) is 0 Å². The van der Waals surface area contributed by atoms with Crippen molar-refractivity contribution in [3.05, 3.63) is 30.1 Å². The molecule has 0 aliphatic rings. The van der Waals surface area contributed by atoms with Crippen LogP contribution in [-0.4, -0.2) is 34.1 Å². The molecule has 25 heavy (non-hydrogen) atoms. The fourth-order valence-electron chi connectivity index (χ4n) is 1.76. The van der Waals surface area contributed by atoms with Crippen molar-refractivity contribution in [2.45, 2.75) is 29.9 Å². The van der Waals surface area contributed by atoms with Gasteiger partial charge in [-0.3, -0.25) is 10.1 Å². The third-order valence-corrected chi connectivity index (χ3v) is 5.16. The number of amides is 2. The number of halogens is 1. The van der Waals surface area contributed by atoms with E-state index < -0.39 is 6.03 Å². The van der Waals surface area contributed by atoms with Crippen LogP contribution in [0.5, 0.6) is 0 Å². The summed E-state index contributed by atoms with van der Waals surface area (Å²) < 4.78 is 18.4. The monoisotopic (exact) mass is 384 g/mol. The summed E-state index contributed by atoms with van der Waals surface area (Å²) in [5.74, 6) is -0.683. The second-order valence-corrected chi connectivity index (χ2v) is 7.15. The van der Waals surface area contributed by atoms with Gasteiger partial charge >= 0.3 is 12.0 Å². The van der Waals surface area contributed by atoms with Crippen LogP contribution in [0.25, 0.3) is 0 Å². The number of ether oxygens (including phenoxy) is 1. The molecule has 1 aromatic heterocycles. The maximum atomic E-state index is 12.8. The molecule has 7 nitrogen and oxygen atoms in total. The predicted molar refractivity (Wildman–Crippen MR) is 95.5 cm³/mol. The second kappa shape index (κ2) is 9.33. The van der Waals surface area contributed by atoms with Gasteiger partial charge in [-0.15, -0.1) is 10.2 Å². The average Bonchev–Trinajstić information content (AvgIpc) is 3.01. The highest BCUT2D eigenvalue weighted by molar-refractivity contribution is 8.02. The topological polar surface area (TPSA) is 93.2 Å². The zero-order valence-electron chi connectivity index (χ0n) is 13.6. The zero-order valence-corrected chi connectivity index (χ0v) is 15.2. The van der Waals surface area contributed by atoms with E-state index in [9.17, 15) is 14.0 Å². The number of thioether (sulfide) groups is 1. The first-order valence-electron chi connectivity index (χ1n) is 7.52. The van der Waals surface area contributed by atoms with Crippen molar-refractivity contribution in [2.75, 3.05) is 17.2 Å². The number of hydrogen-bond donors (Lipinski definition) is 2. The standard InChI is InChI=1S/C15H17FN4O3S2/c1-3-11(12(21)23-4-2)24-15-20-19-14(25-15)18-13(22)17-10-7-5-9(16)6-8-10/h5-8,11H,3-4H2,1-2H3,(H2,17,18,19,22). The average molecular weight is 384 g/mol. The lowest BCUT2D eigenvalue weighted by Gasteiger charge is -2.10. The molecule has 2 amide bonds. The molecular weight excluding hydrogens is 367 g/mol. The van der Waals surface area contributed by atoms with Crippen LogP contribution in [0.3, 0.4) is 0 Å². The molecule has 0 saturated heterocycles. The summed E-state index contributed by atoms with van der Waals surface area (Å²) in [6, 6.07) is 4.87. The fraction of sp³-hybridized carbons (Fsp3) is 0.333. The van der Waals surface area contributed by atoms with Gasteiger partial charge in [-0.05, 0) is 37.6 Å². The van der Waals surface area contributed by atoms with Crippen LogP contribution < -0.4 is 10.6 Å². The Balaban J connectivity index is 1.90. The number of benzene rings is 1. The van der Waals surface area contributed by atoms with Gasteiger partial charge in [-0.2, -0.15) is 0 Å². The van der Waals surface area contributed by atoms with Crippen LogP contribution in [0, 0.1) is 5.82 Å². The van der Waals surface area contributed by atoms with Gasteiger partial charge < -0.3 is 10.1 Å². The molecule has 2 N–H and O–H groups in total. The largest absolute Gasteiger partial charge is 0.465 e. The van der Waals surface area contributed by atoms with E-state index in [1.165, 1.54) is 36.0 Å². The van der Waals surface area contributed by atoms with Crippen molar-refractivity contribution < 1.29 is 18.7 Å². The van der Waals surface area contributed by atoms with Gasteiger partial charge in [-0.25, -0.2) is 9.18 Å². The maximum absolute atomic E-state index is 12.8. The van der Waals surface area contributed by atoms with Crippen molar-refractivity contribution in [3.63, 3.8) is 0 Å². The summed E-state index contributed by atoms with van der Waals surface area (Å²) in [6.07, 6.45) is 0.594. The van der Waals surface area contributed by atoms with Gasteiger partial charge in [0.05, 0.1) is 6.61 Å². The van der Waals surface area contributed by atoms with Crippen LogP contribution >= 0.6 is 23.1 Å². The Morgan fingerprint density at radius 3 is 2.60 bits per heavy atom. The smallest absolute Gasteiger partial charge is 0.325 e. The molecule has 1 unspecified atom stereocenters. The van der Waals surface area contributed by atoms with Crippen molar-refractivity contribution in [2.24, 2.45) is 0 Å². The molecule has 2 aromatic rings. The summed E-state index contributed by atoms with van der Waals surface area (Å²) >= 11 is 2.40. The number of anilines is 2. The number of nitrogens with zero attached hydrogens (tertiary/aromatic N) is 2. The van der Waals surface area contributed by atoms with Gasteiger partial charge in [0.2, 0.25) is 5.13 Å². The molecule has 134 valence electrons. The van der Waals surface area contributed by atoms with E-state index in [-0.39, 0.29) is 17.0 Å². The molecule has 0 aliphatic carbocycles. The van der Waals surface area contributed by atoms with E-state index in [2.05, 4.69) is 20.8 Å². The van der Waals surface area contributed by atoms with Crippen LogP contribution in [0.4, 0.5) is 20.0 Å². The van der Waals surface area contributed by atoms with E-state index in [1.54, 1.807) is 6.92 Å². The van der Waals surface area contributed by atoms with Gasteiger partial charge in [0.15, 0.2) is 4.34 Å². The van der Waals surface area contributed by atoms with Crippen molar-refractivity contribution >= 4 is 45.9 Å². The minimum Gasteiger partial charge on any atom is -0.465 e. The van der Waals surface area contributed by atoms with E-state index in [1.807, 2.05) is 6.92 Å². The number of carbonyl (C=O) groups excluding carboxylic acids is 2. The summed E-state index contributed by atoms with van der Waals surface area (Å²) in [7, 11) is 0. The van der Waals surface area contributed by atoms with E-state index in [0.29, 0.717) is 28.2 Å². The van der Waals surface area contributed by atoms with Crippen molar-refractivity contribution in [3.8, 4) is 0 Å². The highest BCUT2D eigenvalue weighted by Crippen LogP contribution is 2.31. The van der Waals surface area contributed by atoms with Gasteiger partial charge in [0, 0.05) is 5.69 Å². The minimum atomic E-state index is -0.517. The molecule has 1 heterocycles. The molecule has 0 saturated carbocycles. The lowest BCUT2D eigenvalue weighted by Crippen LogP contribution is -2.19. The van der Waals surface area contributed by atoms with Gasteiger partial charge in [0.1, 0.15) is 11.1 Å². The number of esters is 1. The molecule has 10 heteroatoms. The third kappa shape index (κ3) is 5.98. The maximum Gasteiger partial charge on any atom is 0.325 e. The summed E-state index contributed by atoms with van der Waals surface area (Å²) in [4.78, 5) is 23.7. The van der Waals surface area contributed by atoms with E-state index in [4.69, 9.17) is 4.74 Å². The van der Waals surface area contributed by atoms with Crippen molar-refractivity contribution in [1.29, 1.82) is 0 Å². The molecule has 0 aliphatic heterocycles. The van der Waals surface area contributed by atoms with Crippen LogP contribution in [-0.2, 0) is 9.53 Å². The highest BCUT2D eigenvalue weighted by Gasteiger charge is 2.21. The lowest BCUT2D eigenvalue weighted by atomic mass is 10.3. The van der Waals surface area contributed by atoms with E-state index in [0.717, 1.165) is 11.3 Å². The highest BCUT2D eigenvalue weighted by atomic mass is 32.2. The molecular formula is C15H17FN4O3S2. The molecule has 0 spiro atoms. The van der Waals surface area contributed by atoms with Crippen molar-refractivity contribution in [1.82, 2.24) is 10.2 Å². The first kappa shape index (κ1) is 19.1. The number of carbonyl (C=O) groups is 2. The molecule has 1 atom stereocenters. The minimum absolute atomic E-state index is 0.292. The molecule has 0 radical (unpaired) electrons. The van der Waals surface area contributed by atoms with Crippen LogP contribution in [0.2, 0.25) is 0 Å². The Hall–Kier alpha value is -2.20. The SMILES string of the molecule is CCOC(=O)C(CC)Sc1nnc(NC(=O)Nc2ccc(F)cc2)s1. The quantitative estimate of drug-likeness (QED) is 0.429. The second-order valence-electron chi connectivity index (χ2n) is 4.73. The molecule has 0 bridgehead atoms. The first-order valence-corrected chi connectivity index (χ1v) is 9.21. The Kier molecular flexibility index (Phi) is 7.14. The normalized spacial score (nSPS) is 11.6. The predicted octanol–water partition coefficient (Wildman–Crippen LogP) is 3.76. The molecule has 0 fully saturated rings. The Morgan fingerprint density at radius 2 is 1.96 bits per heavy atom. The number of aromatic nitrogens is 2. The Morgan fingerprint density at radius 1 is 1.24 bits per heavy atom. The third-order valence-electron chi connectivity index (χ3n) is 2.89. The van der Waals surface area contributed by atoms with E-state index >= 15 is 0 Å². The first-order chi connectivity index (χ1) is 12.0. The Bertz CT molecular complexity index is 724.